The summed E-state index contributed by atoms with van der Waals surface area (Å²) in [7, 11) is 0. The van der Waals surface area contributed by atoms with Crippen molar-refractivity contribution in [2.75, 3.05) is 0 Å². The van der Waals surface area contributed by atoms with Crippen LogP contribution in [0.25, 0.3) is 11.0 Å². The number of rotatable bonds is 2. The SMILES string of the molecule is CC(N)(c1ccccc1)n1cnc2cnccc21.Cl. The minimum atomic E-state index is -0.628. The number of pyridine rings is 1. The lowest BCUT2D eigenvalue weighted by atomic mass is 10.0. The number of hydrogen-bond acceptors (Lipinski definition) is 3. The first-order valence-electron chi connectivity index (χ1n) is 5.81. The van der Waals surface area contributed by atoms with Gasteiger partial charge in [-0.2, -0.15) is 0 Å². The molecule has 0 aliphatic rings. The molecule has 0 amide bonds. The molecule has 1 aromatic carbocycles. The molecule has 0 spiro atoms. The summed E-state index contributed by atoms with van der Waals surface area (Å²) in [6.07, 6.45) is 5.26. The van der Waals surface area contributed by atoms with Crippen molar-refractivity contribution in [3.63, 3.8) is 0 Å². The van der Waals surface area contributed by atoms with E-state index in [1.54, 1.807) is 18.7 Å². The van der Waals surface area contributed by atoms with E-state index in [-0.39, 0.29) is 12.4 Å². The minimum absolute atomic E-state index is 0. The average Bonchev–Trinajstić information content (AvgIpc) is 2.84. The van der Waals surface area contributed by atoms with Gasteiger partial charge in [-0.1, -0.05) is 30.3 Å². The van der Waals surface area contributed by atoms with E-state index in [0.29, 0.717) is 0 Å². The first kappa shape index (κ1) is 13.5. The highest BCUT2D eigenvalue weighted by Gasteiger charge is 2.24. The number of halogens is 1. The maximum absolute atomic E-state index is 6.47. The van der Waals surface area contributed by atoms with E-state index in [9.17, 15) is 0 Å². The average molecular weight is 275 g/mol. The van der Waals surface area contributed by atoms with Crippen LogP contribution >= 0.6 is 12.4 Å². The van der Waals surface area contributed by atoms with Crippen molar-refractivity contribution in [3.05, 3.63) is 60.7 Å². The Labute approximate surface area is 117 Å². The molecule has 98 valence electrons. The summed E-state index contributed by atoms with van der Waals surface area (Å²) in [6, 6.07) is 11.9. The van der Waals surface area contributed by atoms with Gasteiger partial charge in [0, 0.05) is 6.20 Å². The molecule has 0 aliphatic heterocycles. The first-order chi connectivity index (χ1) is 8.69. The molecular formula is C14H15ClN4. The van der Waals surface area contributed by atoms with E-state index in [1.807, 2.05) is 47.9 Å². The highest BCUT2D eigenvalue weighted by atomic mass is 35.5. The second-order valence-corrected chi connectivity index (χ2v) is 4.49. The molecule has 2 N–H and O–H groups in total. The maximum atomic E-state index is 6.47. The number of benzene rings is 1. The molecule has 2 aromatic heterocycles. The van der Waals surface area contributed by atoms with Crippen molar-refractivity contribution in [2.24, 2.45) is 5.73 Å². The molecule has 4 nitrogen and oxygen atoms in total. The largest absolute Gasteiger partial charge is 0.308 e. The van der Waals surface area contributed by atoms with Crippen LogP contribution in [0, 0.1) is 0 Å². The van der Waals surface area contributed by atoms with E-state index >= 15 is 0 Å². The Morgan fingerprint density at radius 3 is 2.63 bits per heavy atom. The third-order valence-corrected chi connectivity index (χ3v) is 3.21. The fourth-order valence-electron chi connectivity index (χ4n) is 2.15. The van der Waals surface area contributed by atoms with Crippen LogP contribution in [0.3, 0.4) is 0 Å². The predicted octanol–water partition coefficient (Wildman–Crippen LogP) is 2.53. The van der Waals surface area contributed by atoms with Gasteiger partial charge in [0.2, 0.25) is 0 Å². The van der Waals surface area contributed by atoms with Gasteiger partial charge >= 0.3 is 0 Å². The Morgan fingerprint density at radius 2 is 1.89 bits per heavy atom. The Balaban J connectivity index is 0.00000133. The van der Waals surface area contributed by atoms with Gasteiger partial charge in [-0.3, -0.25) is 4.98 Å². The van der Waals surface area contributed by atoms with Crippen LogP contribution in [0.4, 0.5) is 0 Å². The van der Waals surface area contributed by atoms with E-state index in [1.165, 1.54) is 0 Å². The van der Waals surface area contributed by atoms with E-state index < -0.39 is 5.66 Å². The summed E-state index contributed by atoms with van der Waals surface area (Å²) in [5, 5.41) is 0. The van der Waals surface area contributed by atoms with Gasteiger partial charge in [-0.15, -0.1) is 12.4 Å². The molecule has 5 heteroatoms. The molecule has 3 aromatic rings. The lowest BCUT2D eigenvalue weighted by molar-refractivity contribution is 0.421. The van der Waals surface area contributed by atoms with Crippen molar-refractivity contribution in [1.82, 2.24) is 14.5 Å². The number of aromatic nitrogens is 3. The Hall–Kier alpha value is -1.91. The Bertz CT molecular complexity index is 676. The number of imidazole rings is 1. The van der Waals surface area contributed by atoms with Crippen LogP contribution in [0.1, 0.15) is 12.5 Å². The zero-order chi connectivity index (χ0) is 12.6. The van der Waals surface area contributed by atoms with Gasteiger partial charge in [0.1, 0.15) is 11.2 Å². The maximum Gasteiger partial charge on any atom is 0.117 e. The van der Waals surface area contributed by atoms with Crippen LogP contribution in [0.5, 0.6) is 0 Å². The molecular weight excluding hydrogens is 260 g/mol. The van der Waals surface area contributed by atoms with E-state index in [2.05, 4.69) is 9.97 Å². The van der Waals surface area contributed by atoms with Crippen molar-refractivity contribution in [3.8, 4) is 0 Å². The van der Waals surface area contributed by atoms with Gasteiger partial charge in [-0.05, 0) is 18.6 Å². The van der Waals surface area contributed by atoms with Gasteiger partial charge in [0.25, 0.3) is 0 Å². The fraction of sp³-hybridized carbons (Fsp3) is 0.143. The second-order valence-electron chi connectivity index (χ2n) is 4.49. The molecule has 19 heavy (non-hydrogen) atoms. The zero-order valence-electron chi connectivity index (χ0n) is 10.5. The number of hydrogen-bond donors (Lipinski definition) is 1. The van der Waals surface area contributed by atoms with Crippen LogP contribution in [-0.2, 0) is 5.66 Å². The zero-order valence-corrected chi connectivity index (χ0v) is 11.3. The molecule has 2 heterocycles. The molecule has 0 fully saturated rings. The molecule has 0 bridgehead atoms. The summed E-state index contributed by atoms with van der Waals surface area (Å²) in [6.45, 7) is 1.98. The number of nitrogens with two attached hydrogens (primary N) is 1. The Morgan fingerprint density at radius 1 is 1.16 bits per heavy atom. The van der Waals surface area contributed by atoms with E-state index in [0.717, 1.165) is 16.6 Å². The molecule has 1 atom stereocenters. The molecule has 0 aliphatic carbocycles. The lowest BCUT2D eigenvalue weighted by Gasteiger charge is -2.27. The summed E-state index contributed by atoms with van der Waals surface area (Å²) in [4.78, 5) is 8.40. The third kappa shape index (κ3) is 2.20. The normalized spacial score (nSPS) is 13.8. The van der Waals surface area contributed by atoms with Crippen molar-refractivity contribution >= 4 is 23.4 Å². The molecule has 0 saturated carbocycles. The lowest BCUT2D eigenvalue weighted by Crippen LogP contribution is -2.40. The summed E-state index contributed by atoms with van der Waals surface area (Å²) < 4.78 is 1.97. The number of nitrogens with zero attached hydrogens (tertiary/aromatic N) is 3. The van der Waals surface area contributed by atoms with Gasteiger partial charge in [0.05, 0.1) is 18.0 Å². The summed E-state index contributed by atoms with van der Waals surface area (Å²) >= 11 is 0. The second kappa shape index (κ2) is 4.99. The van der Waals surface area contributed by atoms with Gasteiger partial charge in [-0.25, -0.2) is 4.98 Å². The quantitative estimate of drug-likeness (QED) is 0.781. The number of fused-ring (bicyclic) bond motifs is 1. The highest BCUT2D eigenvalue weighted by Crippen LogP contribution is 2.24. The van der Waals surface area contributed by atoms with Crippen LogP contribution in [-0.4, -0.2) is 14.5 Å². The smallest absolute Gasteiger partial charge is 0.117 e. The van der Waals surface area contributed by atoms with Crippen molar-refractivity contribution in [2.45, 2.75) is 12.6 Å². The standard InChI is InChI=1S/C14H14N4.ClH/c1-14(15,11-5-3-2-4-6-11)18-10-17-12-9-16-8-7-13(12)18;/h2-10H,15H2,1H3;1H. The summed E-state index contributed by atoms with van der Waals surface area (Å²) in [5.41, 5.74) is 8.72. The topological polar surface area (TPSA) is 56.7 Å². The predicted molar refractivity (Wildman–Crippen MR) is 78.2 cm³/mol. The minimum Gasteiger partial charge on any atom is -0.308 e. The molecule has 0 radical (unpaired) electrons. The van der Waals surface area contributed by atoms with E-state index in [4.69, 9.17) is 5.73 Å². The van der Waals surface area contributed by atoms with Crippen molar-refractivity contribution < 1.29 is 0 Å². The molecule has 0 saturated heterocycles. The Kier molecular flexibility index (Phi) is 3.55. The third-order valence-electron chi connectivity index (χ3n) is 3.21. The first-order valence-corrected chi connectivity index (χ1v) is 5.81. The van der Waals surface area contributed by atoms with Gasteiger partial charge in [0.15, 0.2) is 0 Å². The van der Waals surface area contributed by atoms with Crippen LogP contribution < -0.4 is 5.73 Å². The van der Waals surface area contributed by atoms with Crippen molar-refractivity contribution in [1.29, 1.82) is 0 Å². The van der Waals surface area contributed by atoms with Gasteiger partial charge < -0.3 is 10.3 Å². The summed E-state index contributed by atoms with van der Waals surface area (Å²) in [5.74, 6) is 0. The molecule has 3 rings (SSSR count). The fourth-order valence-corrected chi connectivity index (χ4v) is 2.15. The monoisotopic (exact) mass is 274 g/mol. The molecule has 1 unspecified atom stereocenters. The highest BCUT2D eigenvalue weighted by molar-refractivity contribution is 5.85. The van der Waals surface area contributed by atoms with Crippen LogP contribution in [0.15, 0.2) is 55.1 Å². The van der Waals surface area contributed by atoms with Crippen LogP contribution in [0.2, 0.25) is 0 Å².